The Morgan fingerprint density at radius 1 is 1.10 bits per heavy atom. The van der Waals surface area contributed by atoms with Crippen LogP contribution in [0.25, 0.3) is 0 Å². The maximum Gasteiger partial charge on any atom is 0.416 e. The maximum atomic E-state index is 12.9. The molecule has 31 heavy (non-hydrogen) atoms. The number of carbonyl (C=O) groups excluding carboxylic acids is 1. The maximum absolute atomic E-state index is 12.9. The van der Waals surface area contributed by atoms with Crippen LogP contribution in [0.3, 0.4) is 0 Å². The molecule has 0 unspecified atom stereocenters. The van der Waals surface area contributed by atoms with Crippen molar-refractivity contribution in [3.63, 3.8) is 0 Å². The van der Waals surface area contributed by atoms with Crippen LogP contribution in [-0.4, -0.2) is 24.8 Å². The number of alkyl halides is 3. The van der Waals surface area contributed by atoms with Crippen LogP contribution in [0.2, 0.25) is 0 Å². The first-order valence-corrected chi connectivity index (χ1v) is 9.81. The van der Waals surface area contributed by atoms with Gasteiger partial charge in [0.05, 0.1) is 11.1 Å². The summed E-state index contributed by atoms with van der Waals surface area (Å²) < 4.78 is 38.7. The van der Waals surface area contributed by atoms with Gasteiger partial charge in [-0.05, 0) is 49.6 Å². The lowest BCUT2D eigenvalue weighted by molar-refractivity contribution is -0.137. The molecule has 9 heteroatoms. The number of halogens is 3. The first kappa shape index (κ1) is 22.2. The molecule has 1 aliphatic heterocycles. The highest BCUT2D eigenvalue weighted by Crippen LogP contribution is 2.29. The minimum Gasteiger partial charge on any atom is -0.398 e. The molecular weight excluding hydrogens is 407 g/mol. The Bertz CT molecular complexity index is 1010. The molecule has 1 amide bonds. The van der Waals surface area contributed by atoms with Crippen molar-refractivity contribution >= 4 is 23.1 Å². The predicted octanol–water partition coefficient (Wildman–Crippen LogP) is 3.88. The van der Waals surface area contributed by atoms with Crippen LogP contribution in [0.4, 0.5) is 24.5 Å². The number of nitrogens with zero attached hydrogens (tertiary/aromatic N) is 2. The van der Waals surface area contributed by atoms with E-state index in [1.807, 2.05) is 6.07 Å². The molecule has 2 aromatic carbocycles. The third-order valence-corrected chi connectivity index (χ3v) is 5.00. The molecule has 0 radical (unpaired) electrons. The van der Waals surface area contributed by atoms with Crippen LogP contribution in [0, 0.1) is 0 Å². The smallest absolute Gasteiger partial charge is 0.398 e. The summed E-state index contributed by atoms with van der Waals surface area (Å²) in [6.45, 7) is 5.45. The molecule has 0 atom stereocenters. The lowest BCUT2D eigenvalue weighted by atomic mass is 10.1. The first-order valence-electron chi connectivity index (χ1n) is 9.81. The Labute approximate surface area is 178 Å². The van der Waals surface area contributed by atoms with Crippen molar-refractivity contribution in [1.29, 1.82) is 0 Å². The zero-order valence-electron chi connectivity index (χ0n) is 16.9. The molecule has 5 N–H and O–H groups in total. The largest absolute Gasteiger partial charge is 0.416 e. The van der Waals surface area contributed by atoms with Gasteiger partial charge < -0.3 is 21.7 Å². The number of nitrogens with two attached hydrogens (primary N) is 2. The lowest BCUT2D eigenvalue weighted by Gasteiger charge is -2.29. The summed E-state index contributed by atoms with van der Waals surface area (Å²) >= 11 is 0. The Balaban J connectivity index is 1.74. The molecule has 0 aromatic heterocycles. The number of hydrogen-bond acceptors (Lipinski definition) is 4. The van der Waals surface area contributed by atoms with Gasteiger partial charge in [0.1, 0.15) is 11.7 Å². The van der Waals surface area contributed by atoms with E-state index in [9.17, 15) is 18.0 Å². The number of rotatable bonds is 5. The summed E-state index contributed by atoms with van der Waals surface area (Å²) in [5.74, 6) is -0.837. The highest BCUT2D eigenvalue weighted by molar-refractivity contribution is 6.02. The van der Waals surface area contributed by atoms with Gasteiger partial charge in [0, 0.05) is 30.0 Å². The quantitative estimate of drug-likeness (QED) is 0.380. The number of anilines is 2. The summed E-state index contributed by atoms with van der Waals surface area (Å²) in [6.07, 6.45) is -1.14. The molecule has 1 aliphatic rings. The standard InChI is InChI=1S/C22H24F3N5O/c1-14(28-20(27)15-6-5-7-16(12-15)22(23,24)25)29-21(31)18-13-17(8-9-19(18)26)30-10-3-2-4-11-30/h5-9,12-13H,1-4,10-11,26H2,(H2,27,28)(H,29,31). The van der Waals surface area contributed by atoms with E-state index in [2.05, 4.69) is 21.8 Å². The molecule has 6 nitrogen and oxygen atoms in total. The molecule has 0 spiro atoms. The van der Waals surface area contributed by atoms with Crippen molar-refractivity contribution in [2.45, 2.75) is 25.4 Å². The second-order valence-electron chi connectivity index (χ2n) is 7.30. The average Bonchev–Trinajstić information content (AvgIpc) is 2.74. The van der Waals surface area contributed by atoms with Gasteiger partial charge in [-0.15, -0.1) is 0 Å². The van der Waals surface area contributed by atoms with E-state index < -0.39 is 17.6 Å². The summed E-state index contributed by atoms with van der Waals surface area (Å²) in [7, 11) is 0. The van der Waals surface area contributed by atoms with Crippen LogP contribution in [0.15, 0.2) is 59.9 Å². The van der Waals surface area contributed by atoms with E-state index in [0.717, 1.165) is 43.8 Å². The van der Waals surface area contributed by atoms with Crippen LogP contribution in [0.1, 0.15) is 40.7 Å². The molecule has 1 fully saturated rings. The lowest BCUT2D eigenvalue weighted by Crippen LogP contribution is -2.30. The Morgan fingerprint density at radius 2 is 1.81 bits per heavy atom. The second-order valence-corrected chi connectivity index (χ2v) is 7.30. The minimum atomic E-state index is -4.50. The molecule has 0 aliphatic carbocycles. The van der Waals surface area contributed by atoms with E-state index in [4.69, 9.17) is 11.5 Å². The zero-order chi connectivity index (χ0) is 22.6. The summed E-state index contributed by atoms with van der Waals surface area (Å²) in [6, 6.07) is 9.69. The highest BCUT2D eigenvalue weighted by atomic mass is 19.4. The number of amides is 1. The van der Waals surface area contributed by atoms with E-state index >= 15 is 0 Å². The topological polar surface area (TPSA) is 96.7 Å². The third-order valence-electron chi connectivity index (χ3n) is 5.00. The number of nitrogens with one attached hydrogen (secondary N) is 1. The SMILES string of the molecule is C=C(N=C(N)c1cccc(C(F)(F)F)c1)NC(=O)c1cc(N2CCCCC2)ccc1N. The predicted molar refractivity (Wildman–Crippen MR) is 116 cm³/mol. The van der Waals surface area contributed by atoms with Crippen molar-refractivity contribution in [3.8, 4) is 0 Å². The Kier molecular flexibility index (Phi) is 6.53. The van der Waals surface area contributed by atoms with Gasteiger partial charge in [0.25, 0.3) is 5.91 Å². The number of carbonyl (C=O) groups is 1. The number of hydrogen-bond donors (Lipinski definition) is 3. The van der Waals surface area contributed by atoms with Crippen molar-refractivity contribution in [2.24, 2.45) is 10.7 Å². The summed E-state index contributed by atoms with van der Waals surface area (Å²) in [5, 5.41) is 2.49. The molecule has 0 saturated carbocycles. The molecule has 2 aromatic rings. The molecule has 1 heterocycles. The zero-order valence-corrected chi connectivity index (χ0v) is 16.9. The molecule has 3 rings (SSSR count). The second kappa shape index (κ2) is 9.11. The number of piperidine rings is 1. The van der Waals surface area contributed by atoms with Gasteiger partial charge >= 0.3 is 6.18 Å². The number of amidine groups is 1. The van der Waals surface area contributed by atoms with Crippen molar-refractivity contribution in [1.82, 2.24) is 5.32 Å². The van der Waals surface area contributed by atoms with E-state index in [1.54, 1.807) is 12.1 Å². The number of nitrogen functional groups attached to an aromatic ring is 1. The Hall–Kier alpha value is -3.49. The van der Waals surface area contributed by atoms with Crippen LogP contribution < -0.4 is 21.7 Å². The normalized spacial score (nSPS) is 14.9. The molecule has 164 valence electrons. The number of aliphatic imine (C=N–C) groups is 1. The van der Waals surface area contributed by atoms with Crippen molar-refractivity contribution < 1.29 is 18.0 Å². The average molecular weight is 431 g/mol. The van der Waals surface area contributed by atoms with Crippen molar-refractivity contribution in [3.05, 3.63) is 71.6 Å². The van der Waals surface area contributed by atoms with Gasteiger partial charge in [0.2, 0.25) is 0 Å². The van der Waals surface area contributed by atoms with E-state index in [-0.39, 0.29) is 22.8 Å². The number of benzene rings is 2. The molecular formula is C22H24F3N5O. The minimum absolute atomic E-state index is 0.0665. The van der Waals surface area contributed by atoms with Crippen LogP contribution in [0.5, 0.6) is 0 Å². The van der Waals surface area contributed by atoms with E-state index in [1.165, 1.54) is 18.6 Å². The fraction of sp³-hybridized carbons (Fsp3) is 0.273. The molecule has 1 saturated heterocycles. The summed E-state index contributed by atoms with van der Waals surface area (Å²) in [4.78, 5) is 18.8. The van der Waals surface area contributed by atoms with Gasteiger partial charge in [-0.2, -0.15) is 13.2 Å². The highest BCUT2D eigenvalue weighted by Gasteiger charge is 2.30. The fourth-order valence-electron chi connectivity index (χ4n) is 3.38. The monoisotopic (exact) mass is 431 g/mol. The van der Waals surface area contributed by atoms with Crippen molar-refractivity contribution in [2.75, 3.05) is 23.7 Å². The third kappa shape index (κ3) is 5.56. The fourth-order valence-corrected chi connectivity index (χ4v) is 3.38. The Morgan fingerprint density at radius 3 is 2.48 bits per heavy atom. The van der Waals surface area contributed by atoms with Crippen LogP contribution >= 0.6 is 0 Å². The van der Waals surface area contributed by atoms with Crippen LogP contribution in [-0.2, 0) is 6.18 Å². The van der Waals surface area contributed by atoms with Gasteiger partial charge in [-0.25, -0.2) is 4.99 Å². The van der Waals surface area contributed by atoms with Gasteiger partial charge in [-0.1, -0.05) is 18.7 Å². The first-order chi connectivity index (χ1) is 14.6. The summed E-state index contributed by atoms with van der Waals surface area (Å²) in [5.41, 5.74) is 12.5. The van der Waals surface area contributed by atoms with Gasteiger partial charge in [-0.3, -0.25) is 4.79 Å². The molecule has 0 bridgehead atoms. The van der Waals surface area contributed by atoms with Gasteiger partial charge in [0.15, 0.2) is 0 Å². The van der Waals surface area contributed by atoms with E-state index in [0.29, 0.717) is 5.69 Å².